The maximum Gasteiger partial charge on any atom is 0.139 e. The lowest BCUT2D eigenvalue weighted by Gasteiger charge is -2.23. The molecule has 1 atom stereocenters. The fourth-order valence-corrected chi connectivity index (χ4v) is 3.53. The van der Waals surface area contributed by atoms with Crippen LogP contribution in [0.4, 0.5) is 5.82 Å². The number of pyridine rings is 1. The molecule has 0 spiro atoms. The minimum atomic E-state index is 0.355. The molecule has 0 saturated carbocycles. The van der Waals surface area contributed by atoms with Crippen molar-refractivity contribution in [3.05, 3.63) is 24.6 Å². The van der Waals surface area contributed by atoms with E-state index in [-0.39, 0.29) is 0 Å². The van der Waals surface area contributed by atoms with Gasteiger partial charge >= 0.3 is 0 Å². The Bertz CT molecular complexity index is 517. The van der Waals surface area contributed by atoms with E-state index in [1.165, 1.54) is 18.6 Å². The number of anilines is 1. The zero-order valence-electron chi connectivity index (χ0n) is 9.90. The van der Waals surface area contributed by atoms with E-state index in [4.69, 9.17) is 4.42 Å². The van der Waals surface area contributed by atoms with Crippen molar-refractivity contribution in [1.82, 2.24) is 4.98 Å². The fourth-order valence-electron chi connectivity index (χ4n) is 2.28. The number of nitrogens with zero attached hydrogens (tertiary/aromatic N) is 1. The first-order valence-corrected chi connectivity index (χ1v) is 6.95. The first-order valence-electron chi connectivity index (χ1n) is 5.97. The van der Waals surface area contributed by atoms with Crippen molar-refractivity contribution < 1.29 is 4.42 Å². The summed E-state index contributed by atoms with van der Waals surface area (Å²) in [6.45, 7) is 3.29. The summed E-state index contributed by atoms with van der Waals surface area (Å²) in [7, 11) is 0. The summed E-state index contributed by atoms with van der Waals surface area (Å²) in [6, 6.07) is 3.86. The first kappa shape index (κ1) is 11.0. The highest BCUT2D eigenvalue weighted by Gasteiger charge is 2.29. The highest BCUT2D eigenvalue weighted by molar-refractivity contribution is 8.00. The zero-order valence-corrected chi connectivity index (χ0v) is 10.7. The molecule has 2 aromatic rings. The molecular weight excluding hydrogens is 232 g/mol. The molecule has 1 N–H and O–H groups in total. The molecule has 3 nitrogen and oxygen atoms in total. The molecule has 1 aliphatic heterocycles. The molecule has 90 valence electrons. The van der Waals surface area contributed by atoms with Crippen LogP contribution in [0.2, 0.25) is 0 Å². The van der Waals surface area contributed by atoms with Crippen LogP contribution in [0.1, 0.15) is 19.8 Å². The second-order valence-electron chi connectivity index (χ2n) is 4.75. The largest absolute Gasteiger partial charge is 0.464 e. The summed E-state index contributed by atoms with van der Waals surface area (Å²) < 4.78 is 5.73. The van der Waals surface area contributed by atoms with Crippen molar-refractivity contribution >= 4 is 28.5 Å². The highest BCUT2D eigenvalue weighted by atomic mass is 32.2. The lowest BCUT2D eigenvalue weighted by Crippen LogP contribution is -2.27. The van der Waals surface area contributed by atoms with Crippen LogP contribution in [0.25, 0.3) is 11.0 Å². The van der Waals surface area contributed by atoms with Crippen LogP contribution in [0.5, 0.6) is 0 Å². The molecule has 0 aromatic carbocycles. The van der Waals surface area contributed by atoms with Gasteiger partial charge in [0.25, 0.3) is 0 Å². The molecule has 0 amide bonds. The zero-order chi connectivity index (χ0) is 11.7. The van der Waals surface area contributed by atoms with Gasteiger partial charge < -0.3 is 9.73 Å². The number of aromatic nitrogens is 1. The maximum absolute atomic E-state index is 5.37. The Balaban J connectivity index is 1.78. The molecular formula is C13H16N2OS. The van der Waals surface area contributed by atoms with Gasteiger partial charge in [-0.15, -0.1) is 0 Å². The normalized spacial score (nSPS) is 24.3. The number of rotatable bonds is 3. The average Bonchev–Trinajstić information content (AvgIpc) is 2.95. The summed E-state index contributed by atoms with van der Waals surface area (Å²) in [5.41, 5.74) is 0.895. The van der Waals surface area contributed by atoms with E-state index in [1.807, 2.05) is 12.1 Å². The van der Waals surface area contributed by atoms with E-state index in [2.05, 4.69) is 29.0 Å². The molecule has 1 fully saturated rings. The minimum Gasteiger partial charge on any atom is -0.464 e. The Morgan fingerprint density at radius 1 is 1.53 bits per heavy atom. The van der Waals surface area contributed by atoms with Crippen molar-refractivity contribution in [3.63, 3.8) is 0 Å². The molecule has 3 rings (SSSR count). The molecule has 2 aromatic heterocycles. The van der Waals surface area contributed by atoms with Crippen LogP contribution >= 0.6 is 11.8 Å². The van der Waals surface area contributed by atoms with Gasteiger partial charge in [0.15, 0.2) is 0 Å². The molecule has 0 bridgehead atoms. The van der Waals surface area contributed by atoms with Crippen LogP contribution in [-0.4, -0.2) is 22.0 Å². The van der Waals surface area contributed by atoms with E-state index in [9.17, 15) is 0 Å². The minimum absolute atomic E-state index is 0.355. The molecule has 1 unspecified atom stereocenters. The van der Waals surface area contributed by atoms with Crippen molar-refractivity contribution in [2.24, 2.45) is 0 Å². The van der Waals surface area contributed by atoms with Gasteiger partial charge in [0.05, 0.1) is 11.6 Å². The molecule has 4 heteroatoms. The van der Waals surface area contributed by atoms with Crippen LogP contribution in [0.15, 0.2) is 29.0 Å². The van der Waals surface area contributed by atoms with E-state index < -0.39 is 0 Å². The lowest BCUT2D eigenvalue weighted by atomic mass is 10.1. The second-order valence-corrected chi connectivity index (χ2v) is 6.43. The van der Waals surface area contributed by atoms with Crippen molar-refractivity contribution in [2.45, 2.75) is 24.5 Å². The monoisotopic (exact) mass is 248 g/mol. The molecule has 0 aliphatic carbocycles. The van der Waals surface area contributed by atoms with Gasteiger partial charge in [-0.1, -0.05) is 0 Å². The lowest BCUT2D eigenvalue weighted by molar-refractivity contribution is 0.615. The topological polar surface area (TPSA) is 38.1 Å². The second kappa shape index (κ2) is 4.26. The van der Waals surface area contributed by atoms with Gasteiger partial charge in [0.2, 0.25) is 0 Å². The van der Waals surface area contributed by atoms with E-state index >= 15 is 0 Å². The predicted molar refractivity (Wildman–Crippen MR) is 72.6 cm³/mol. The van der Waals surface area contributed by atoms with Gasteiger partial charge in [-0.25, -0.2) is 4.98 Å². The smallest absolute Gasteiger partial charge is 0.139 e. The number of nitrogens with one attached hydrogen (secondary N) is 1. The number of hydrogen-bond donors (Lipinski definition) is 1. The van der Waals surface area contributed by atoms with E-state index in [1.54, 1.807) is 12.5 Å². The fraction of sp³-hybridized carbons (Fsp3) is 0.462. The summed E-state index contributed by atoms with van der Waals surface area (Å²) in [6.07, 6.45) is 6.11. The van der Waals surface area contributed by atoms with E-state index in [0.717, 1.165) is 23.3 Å². The maximum atomic E-state index is 5.37. The van der Waals surface area contributed by atoms with Gasteiger partial charge in [-0.3, -0.25) is 0 Å². The van der Waals surface area contributed by atoms with Crippen LogP contribution < -0.4 is 5.32 Å². The van der Waals surface area contributed by atoms with E-state index in [0.29, 0.717) is 4.75 Å². The quantitative estimate of drug-likeness (QED) is 0.901. The Morgan fingerprint density at radius 3 is 3.29 bits per heavy atom. The molecule has 1 aliphatic rings. The summed E-state index contributed by atoms with van der Waals surface area (Å²) in [5.74, 6) is 2.21. The van der Waals surface area contributed by atoms with Gasteiger partial charge in [-0.05, 0) is 37.7 Å². The molecule has 0 radical (unpaired) electrons. The van der Waals surface area contributed by atoms with Crippen molar-refractivity contribution in [1.29, 1.82) is 0 Å². The van der Waals surface area contributed by atoms with Gasteiger partial charge in [0, 0.05) is 17.5 Å². The summed E-state index contributed by atoms with van der Waals surface area (Å²) >= 11 is 2.06. The Hall–Kier alpha value is -1.16. The number of furan rings is 1. The summed E-state index contributed by atoms with van der Waals surface area (Å²) in [4.78, 5) is 4.39. The van der Waals surface area contributed by atoms with Crippen LogP contribution in [-0.2, 0) is 0 Å². The third kappa shape index (κ3) is 2.14. The number of hydrogen-bond acceptors (Lipinski definition) is 4. The summed E-state index contributed by atoms with van der Waals surface area (Å²) in [5, 5.41) is 4.53. The van der Waals surface area contributed by atoms with Gasteiger partial charge in [-0.2, -0.15) is 11.8 Å². The number of fused-ring (bicyclic) bond motifs is 1. The third-order valence-corrected chi connectivity index (χ3v) is 4.85. The average molecular weight is 248 g/mol. The Labute approximate surface area is 105 Å². The molecule has 17 heavy (non-hydrogen) atoms. The standard InChI is InChI=1S/C13H16N2OS/c1-13(5-2-8-17-13)9-15-12-10-4-7-16-11(10)3-6-14-12/h3-4,6-7H,2,5,8-9H2,1H3,(H,14,15). The SMILES string of the molecule is CC1(CNc2nccc3occc23)CCCS1. The molecule has 3 heterocycles. The Morgan fingerprint density at radius 2 is 2.47 bits per heavy atom. The van der Waals surface area contributed by atoms with Crippen molar-refractivity contribution in [2.75, 3.05) is 17.6 Å². The van der Waals surface area contributed by atoms with Gasteiger partial charge in [0.1, 0.15) is 11.4 Å². The third-order valence-electron chi connectivity index (χ3n) is 3.31. The van der Waals surface area contributed by atoms with Crippen LogP contribution in [0.3, 0.4) is 0 Å². The Kier molecular flexibility index (Phi) is 2.74. The number of thioether (sulfide) groups is 1. The first-order chi connectivity index (χ1) is 8.27. The van der Waals surface area contributed by atoms with Crippen LogP contribution in [0, 0.1) is 0 Å². The predicted octanol–water partition coefficient (Wildman–Crippen LogP) is 3.53. The molecule has 1 saturated heterocycles. The van der Waals surface area contributed by atoms with Crippen molar-refractivity contribution in [3.8, 4) is 0 Å². The highest BCUT2D eigenvalue weighted by Crippen LogP contribution is 2.37.